The zero-order chi connectivity index (χ0) is 11.0. The van der Waals surface area contributed by atoms with E-state index in [0.717, 1.165) is 22.4 Å². The van der Waals surface area contributed by atoms with Crippen LogP contribution in [0.25, 0.3) is 22.4 Å². The van der Waals surface area contributed by atoms with Gasteiger partial charge in [-0.2, -0.15) is 0 Å². The molecule has 0 bridgehead atoms. The Hall–Kier alpha value is -2.16. The molecule has 0 aliphatic rings. The number of aryl methyl sites for hydroxylation is 1. The maximum Gasteiger partial charge on any atom is 0.179 e. The summed E-state index contributed by atoms with van der Waals surface area (Å²) in [5.41, 5.74) is 3.18. The molecule has 3 rings (SSSR count). The van der Waals surface area contributed by atoms with E-state index in [9.17, 15) is 0 Å². The summed E-state index contributed by atoms with van der Waals surface area (Å²) >= 11 is 0. The molecule has 1 N–H and O–H groups in total. The first kappa shape index (κ1) is 9.09. The Morgan fingerprint density at radius 3 is 2.81 bits per heavy atom. The van der Waals surface area contributed by atoms with Crippen molar-refractivity contribution in [3.05, 3.63) is 48.8 Å². The number of nitrogens with one attached hydrogen (secondary N) is 1. The first-order chi connectivity index (χ1) is 7.83. The Morgan fingerprint density at radius 1 is 1.12 bits per heavy atom. The molecular formula is C13H12N3+. The van der Waals surface area contributed by atoms with Gasteiger partial charge in [-0.05, 0) is 18.2 Å². The fraction of sp³-hybridized carbons (Fsp3) is 0.0769. The lowest BCUT2D eigenvalue weighted by atomic mass is 10.3. The maximum atomic E-state index is 4.56. The molecule has 0 spiro atoms. The quantitative estimate of drug-likeness (QED) is 0.613. The van der Waals surface area contributed by atoms with Gasteiger partial charge < -0.3 is 4.98 Å². The standard InChI is InChI=1S/C13H12N3/c1-16-8-4-5-10(9-16)13-14-11-6-2-3-7-12(11)15-13/h2-9H,1H3,(H,14,15)/q+1. The predicted molar refractivity (Wildman–Crippen MR) is 62.7 cm³/mol. The van der Waals surface area contributed by atoms with E-state index in [1.54, 1.807) is 0 Å². The van der Waals surface area contributed by atoms with E-state index in [0.29, 0.717) is 0 Å². The molecule has 0 radical (unpaired) electrons. The van der Waals surface area contributed by atoms with Crippen LogP contribution in [0.5, 0.6) is 0 Å². The average Bonchev–Trinajstić information content (AvgIpc) is 2.72. The van der Waals surface area contributed by atoms with Gasteiger partial charge in [0.1, 0.15) is 12.9 Å². The molecule has 0 amide bonds. The molecule has 0 fully saturated rings. The Bertz CT molecular complexity index is 607. The Balaban J connectivity index is 2.19. The third-order valence-electron chi connectivity index (χ3n) is 2.60. The number of H-pyrrole nitrogens is 1. The SMILES string of the molecule is C[n+]1cccc(-c2nc3ccccc3[nH]2)c1. The molecule has 0 saturated heterocycles. The summed E-state index contributed by atoms with van der Waals surface area (Å²) in [6.07, 6.45) is 4.06. The number of imidazole rings is 1. The van der Waals surface area contributed by atoms with Crippen molar-refractivity contribution in [2.75, 3.05) is 0 Å². The van der Waals surface area contributed by atoms with E-state index in [-0.39, 0.29) is 0 Å². The number of para-hydroxylation sites is 2. The van der Waals surface area contributed by atoms with Gasteiger partial charge in [-0.25, -0.2) is 9.55 Å². The summed E-state index contributed by atoms with van der Waals surface area (Å²) < 4.78 is 2.02. The molecule has 0 aliphatic carbocycles. The Morgan fingerprint density at radius 2 is 2.00 bits per heavy atom. The number of hydrogen-bond donors (Lipinski definition) is 1. The van der Waals surface area contributed by atoms with Crippen LogP contribution < -0.4 is 4.57 Å². The molecule has 3 nitrogen and oxygen atoms in total. The molecule has 0 saturated carbocycles. The molecule has 1 aromatic carbocycles. The van der Waals surface area contributed by atoms with Gasteiger partial charge in [0.25, 0.3) is 0 Å². The van der Waals surface area contributed by atoms with E-state index in [1.165, 1.54) is 0 Å². The highest BCUT2D eigenvalue weighted by Gasteiger charge is 2.06. The van der Waals surface area contributed by atoms with Gasteiger partial charge in [-0.3, -0.25) is 0 Å². The van der Waals surface area contributed by atoms with Crippen LogP contribution in [0.2, 0.25) is 0 Å². The van der Waals surface area contributed by atoms with Crippen molar-refractivity contribution in [3.63, 3.8) is 0 Å². The minimum absolute atomic E-state index is 0.914. The van der Waals surface area contributed by atoms with E-state index in [4.69, 9.17) is 0 Å². The van der Waals surface area contributed by atoms with Crippen LogP contribution in [-0.4, -0.2) is 9.97 Å². The Kier molecular flexibility index (Phi) is 1.96. The fourth-order valence-electron chi connectivity index (χ4n) is 1.82. The fourth-order valence-corrected chi connectivity index (χ4v) is 1.82. The van der Waals surface area contributed by atoms with Crippen LogP contribution in [0.4, 0.5) is 0 Å². The van der Waals surface area contributed by atoms with E-state index >= 15 is 0 Å². The van der Waals surface area contributed by atoms with Crippen molar-refractivity contribution in [1.29, 1.82) is 0 Å². The van der Waals surface area contributed by atoms with Gasteiger partial charge in [0.15, 0.2) is 12.4 Å². The van der Waals surface area contributed by atoms with Crippen molar-refractivity contribution in [2.45, 2.75) is 0 Å². The number of hydrogen-bond acceptors (Lipinski definition) is 1. The van der Waals surface area contributed by atoms with Crippen molar-refractivity contribution in [2.24, 2.45) is 7.05 Å². The number of nitrogens with zero attached hydrogens (tertiary/aromatic N) is 2. The zero-order valence-electron chi connectivity index (χ0n) is 9.01. The van der Waals surface area contributed by atoms with Gasteiger partial charge >= 0.3 is 0 Å². The van der Waals surface area contributed by atoms with Crippen molar-refractivity contribution >= 4 is 11.0 Å². The number of rotatable bonds is 1. The summed E-state index contributed by atoms with van der Waals surface area (Å²) in [6, 6.07) is 12.1. The molecule has 3 heteroatoms. The summed E-state index contributed by atoms with van der Waals surface area (Å²) in [4.78, 5) is 7.87. The topological polar surface area (TPSA) is 32.6 Å². The van der Waals surface area contributed by atoms with Crippen molar-refractivity contribution < 1.29 is 4.57 Å². The van der Waals surface area contributed by atoms with Crippen LogP contribution in [0, 0.1) is 0 Å². The van der Waals surface area contributed by atoms with E-state index in [1.807, 2.05) is 48.1 Å². The number of aromatic amines is 1. The summed E-state index contributed by atoms with van der Waals surface area (Å²) in [5, 5.41) is 0. The van der Waals surface area contributed by atoms with Gasteiger partial charge in [0.2, 0.25) is 0 Å². The summed E-state index contributed by atoms with van der Waals surface area (Å²) in [7, 11) is 2.01. The predicted octanol–water partition coefficient (Wildman–Crippen LogP) is 2.05. The van der Waals surface area contributed by atoms with Crippen LogP contribution in [-0.2, 0) is 7.05 Å². The lowest BCUT2D eigenvalue weighted by Crippen LogP contribution is -2.26. The van der Waals surface area contributed by atoms with E-state index < -0.39 is 0 Å². The molecule has 0 atom stereocenters. The van der Waals surface area contributed by atoms with Crippen LogP contribution in [0.1, 0.15) is 0 Å². The normalized spacial score (nSPS) is 10.8. The van der Waals surface area contributed by atoms with Gasteiger partial charge in [0.05, 0.1) is 16.6 Å². The molecular weight excluding hydrogens is 198 g/mol. The highest BCUT2D eigenvalue weighted by Crippen LogP contribution is 2.18. The third-order valence-corrected chi connectivity index (χ3v) is 2.60. The Labute approximate surface area is 93.4 Å². The average molecular weight is 210 g/mol. The summed E-state index contributed by atoms with van der Waals surface area (Å²) in [6.45, 7) is 0. The number of fused-ring (bicyclic) bond motifs is 1. The molecule has 2 aromatic heterocycles. The minimum Gasteiger partial charge on any atom is -0.338 e. The third kappa shape index (κ3) is 1.46. The highest BCUT2D eigenvalue weighted by molar-refractivity contribution is 5.78. The smallest absolute Gasteiger partial charge is 0.179 e. The molecule has 16 heavy (non-hydrogen) atoms. The largest absolute Gasteiger partial charge is 0.338 e. The lowest BCUT2D eigenvalue weighted by molar-refractivity contribution is -0.671. The maximum absolute atomic E-state index is 4.56. The monoisotopic (exact) mass is 210 g/mol. The number of aromatic nitrogens is 3. The molecule has 0 unspecified atom stereocenters. The molecule has 3 aromatic rings. The first-order valence-electron chi connectivity index (χ1n) is 5.23. The van der Waals surface area contributed by atoms with Gasteiger partial charge in [-0.1, -0.05) is 12.1 Å². The lowest BCUT2D eigenvalue weighted by Gasteiger charge is -1.92. The second kappa shape index (κ2) is 3.45. The van der Waals surface area contributed by atoms with Crippen LogP contribution in [0.15, 0.2) is 48.8 Å². The first-order valence-corrected chi connectivity index (χ1v) is 5.23. The van der Waals surface area contributed by atoms with Gasteiger partial charge in [-0.15, -0.1) is 0 Å². The molecule has 2 heterocycles. The van der Waals surface area contributed by atoms with Gasteiger partial charge in [0, 0.05) is 6.07 Å². The minimum atomic E-state index is 0.914. The van der Waals surface area contributed by atoms with Crippen LogP contribution >= 0.6 is 0 Å². The van der Waals surface area contributed by atoms with Crippen molar-refractivity contribution in [1.82, 2.24) is 9.97 Å². The van der Waals surface area contributed by atoms with Crippen LogP contribution in [0.3, 0.4) is 0 Å². The van der Waals surface area contributed by atoms with Crippen molar-refractivity contribution in [3.8, 4) is 11.4 Å². The number of pyridine rings is 1. The molecule has 78 valence electrons. The molecule has 0 aliphatic heterocycles. The summed E-state index contributed by atoms with van der Waals surface area (Å²) in [5.74, 6) is 0.914. The number of benzene rings is 1. The van der Waals surface area contributed by atoms with E-state index in [2.05, 4.69) is 22.2 Å². The highest BCUT2D eigenvalue weighted by atomic mass is 14.9. The zero-order valence-corrected chi connectivity index (χ0v) is 9.01. The second-order valence-corrected chi connectivity index (χ2v) is 3.86. The second-order valence-electron chi connectivity index (χ2n) is 3.86.